The molecule has 0 spiro atoms. The van der Waals surface area contributed by atoms with Crippen molar-refractivity contribution < 1.29 is 9.13 Å². The maximum absolute atomic E-state index is 12.8. The number of rotatable bonds is 5. The fourth-order valence-corrected chi connectivity index (χ4v) is 1.66. The van der Waals surface area contributed by atoms with Crippen LogP contribution in [0.3, 0.4) is 0 Å². The van der Waals surface area contributed by atoms with Crippen LogP contribution in [0.2, 0.25) is 0 Å². The average Bonchev–Trinajstić information content (AvgIpc) is 2.25. The fourth-order valence-electron chi connectivity index (χ4n) is 1.66. The number of halogens is 1. The van der Waals surface area contributed by atoms with Gasteiger partial charge >= 0.3 is 0 Å². The second-order valence-corrected chi connectivity index (χ2v) is 5.21. The maximum atomic E-state index is 12.8. The lowest BCUT2D eigenvalue weighted by Gasteiger charge is -2.35. The van der Waals surface area contributed by atoms with Gasteiger partial charge in [0.05, 0.1) is 6.61 Å². The van der Waals surface area contributed by atoms with Gasteiger partial charge in [0.1, 0.15) is 5.82 Å². The summed E-state index contributed by atoms with van der Waals surface area (Å²) in [5.74, 6) is -0.187. The first-order valence-electron chi connectivity index (χ1n) is 5.92. The van der Waals surface area contributed by atoms with Crippen LogP contribution in [0.15, 0.2) is 24.3 Å². The van der Waals surface area contributed by atoms with Crippen molar-refractivity contribution in [2.75, 3.05) is 20.3 Å². The Morgan fingerprint density at radius 1 is 1.18 bits per heavy atom. The first-order chi connectivity index (χ1) is 7.93. The molecule has 0 saturated carbocycles. The molecule has 1 aromatic carbocycles. The van der Waals surface area contributed by atoms with Gasteiger partial charge in [-0.2, -0.15) is 0 Å². The predicted molar refractivity (Wildman–Crippen MR) is 68.4 cm³/mol. The van der Waals surface area contributed by atoms with E-state index in [4.69, 9.17) is 4.74 Å². The topological polar surface area (TPSA) is 12.5 Å². The van der Waals surface area contributed by atoms with Crippen molar-refractivity contribution >= 4 is 0 Å². The van der Waals surface area contributed by atoms with Crippen LogP contribution in [-0.2, 0) is 11.3 Å². The molecule has 0 fully saturated rings. The molecule has 96 valence electrons. The first kappa shape index (κ1) is 14.1. The van der Waals surface area contributed by atoms with Gasteiger partial charge in [0.25, 0.3) is 0 Å². The summed E-state index contributed by atoms with van der Waals surface area (Å²) in [5.41, 5.74) is 1.20. The van der Waals surface area contributed by atoms with E-state index < -0.39 is 0 Å². The molecular weight excluding hydrogens is 217 g/mol. The Morgan fingerprint density at radius 3 is 2.24 bits per heavy atom. The van der Waals surface area contributed by atoms with E-state index in [1.165, 1.54) is 12.1 Å². The Kier molecular flexibility index (Phi) is 5.09. The molecule has 0 saturated heterocycles. The van der Waals surface area contributed by atoms with Crippen molar-refractivity contribution in [1.82, 2.24) is 4.90 Å². The van der Waals surface area contributed by atoms with Crippen molar-refractivity contribution in [3.63, 3.8) is 0 Å². The Bertz CT molecular complexity index is 329. The minimum Gasteiger partial charge on any atom is -0.383 e. The Morgan fingerprint density at radius 2 is 1.76 bits per heavy atom. The molecule has 0 heterocycles. The zero-order valence-electron chi connectivity index (χ0n) is 11.2. The molecule has 1 rings (SSSR count). The van der Waals surface area contributed by atoms with Crippen LogP contribution in [0.1, 0.15) is 26.3 Å². The summed E-state index contributed by atoms with van der Waals surface area (Å²) in [5, 5.41) is 0. The molecule has 0 unspecified atom stereocenters. The molecule has 3 heteroatoms. The molecule has 0 aliphatic rings. The molecular formula is C14H22FNO. The SMILES string of the molecule is COCCN(Cc1ccc(F)cc1)C(C)(C)C. The third-order valence-corrected chi connectivity index (χ3v) is 2.80. The number of methoxy groups -OCH3 is 1. The first-order valence-corrected chi connectivity index (χ1v) is 5.92. The van der Waals surface area contributed by atoms with E-state index >= 15 is 0 Å². The van der Waals surface area contributed by atoms with Crippen LogP contribution in [0, 0.1) is 5.82 Å². The van der Waals surface area contributed by atoms with Gasteiger partial charge in [-0.05, 0) is 38.5 Å². The molecule has 0 aromatic heterocycles. The highest BCUT2D eigenvalue weighted by Gasteiger charge is 2.20. The molecule has 0 aliphatic heterocycles. The normalized spacial score (nSPS) is 12.1. The summed E-state index contributed by atoms with van der Waals surface area (Å²) in [4.78, 5) is 2.32. The number of hydrogen-bond acceptors (Lipinski definition) is 2. The lowest BCUT2D eigenvalue weighted by Crippen LogP contribution is -2.42. The van der Waals surface area contributed by atoms with Crippen LogP contribution in [0.25, 0.3) is 0 Å². The van der Waals surface area contributed by atoms with E-state index in [2.05, 4.69) is 25.7 Å². The van der Waals surface area contributed by atoms with Crippen LogP contribution >= 0.6 is 0 Å². The van der Waals surface area contributed by atoms with Gasteiger partial charge in [0.15, 0.2) is 0 Å². The summed E-state index contributed by atoms with van der Waals surface area (Å²) < 4.78 is 17.9. The van der Waals surface area contributed by atoms with Gasteiger partial charge in [-0.25, -0.2) is 4.39 Å². The molecule has 1 aromatic rings. The smallest absolute Gasteiger partial charge is 0.123 e. The van der Waals surface area contributed by atoms with Gasteiger partial charge in [0.2, 0.25) is 0 Å². The molecule has 0 amide bonds. The molecule has 0 N–H and O–H groups in total. The predicted octanol–water partition coefficient (Wildman–Crippen LogP) is 3.07. The fraction of sp³-hybridized carbons (Fsp3) is 0.571. The van der Waals surface area contributed by atoms with Crippen LogP contribution in [0.4, 0.5) is 4.39 Å². The van der Waals surface area contributed by atoms with Crippen LogP contribution in [0.5, 0.6) is 0 Å². The second kappa shape index (κ2) is 6.12. The molecule has 2 nitrogen and oxygen atoms in total. The highest BCUT2D eigenvalue weighted by Crippen LogP contribution is 2.17. The molecule has 17 heavy (non-hydrogen) atoms. The lowest BCUT2D eigenvalue weighted by atomic mass is 10.0. The van der Waals surface area contributed by atoms with E-state index in [1.807, 2.05) is 12.1 Å². The van der Waals surface area contributed by atoms with Crippen LogP contribution in [-0.4, -0.2) is 30.7 Å². The third-order valence-electron chi connectivity index (χ3n) is 2.80. The van der Waals surface area contributed by atoms with E-state index in [1.54, 1.807) is 7.11 Å². The second-order valence-electron chi connectivity index (χ2n) is 5.21. The van der Waals surface area contributed by atoms with Gasteiger partial charge in [0, 0.05) is 25.7 Å². The maximum Gasteiger partial charge on any atom is 0.123 e. The highest BCUT2D eigenvalue weighted by molar-refractivity contribution is 5.16. The van der Waals surface area contributed by atoms with E-state index in [0.717, 1.165) is 18.7 Å². The summed E-state index contributed by atoms with van der Waals surface area (Å²) in [6.07, 6.45) is 0. The number of ether oxygens (including phenoxy) is 1. The summed E-state index contributed by atoms with van der Waals surface area (Å²) in [6.45, 7) is 8.91. The minimum absolute atomic E-state index is 0.0763. The number of nitrogens with zero attached hydrogens (tertiary/aromatic N) is 1. The van der Waals surface area contributed by atoms with Crippen LogP contribution < -0.4 is 0 Å². The molecule has 0 bridgehead atoms. The quantitative estimate of drug-likeness (QED) is 0.783. The molecule has 0 aliphatic carbocycles. The average molecular weight is 239 g/mol. The lowest BCUT2D eigenvalue weighted by molar-refractivity contribution is 0.0807. The standard InChI is InChI=1S/C14H22FNO/c1-14(2,3)16(9-10-17-4)11-12-5-7-13(15)8-6-12/h5-8H,9-11H2,1-4H3. The van der Waals surface area contributed by atoms with Gasteiger partial charge in [-0.1, -0.05) is 12.1 Å². The minimum atomic E-state index is -0.187. The monoisotopic (exact) mass is 239 g/mol. The highest BCUT2D eigenvalue weighted by atomic mass is 19.1. The van der Waals surface area contributed by atoms with Crippen molar-refractivity contribution in [3.05, 3.63) is 35.6 Å². The van der Waals surface area contributed by atoms with Gasteiger partial charge in [-0.3, -0.25) is 4.90 Å². The van der Waals surface area contributed by atoms with E-state index in [9.17, 15) is 4.39 Å². The summed E-state index contributed by atoms with van der Waals surface area (Å²) in [6, 6.07) is 6.68. The van der Waals surface area contributed by atoms with Crippen molar-refractivity contribution in [2.24, 2.45) is 0 Å². The zero-order chi connectivity index (χ0) is 12.9. The van der Waals surface area contributed by atoms with E-state index in [-0.39, 0.29) is 11.4 Å². The zero-order valence-corrected chi connectivity index (χ0v) is 11.2. The van der Waals surface area contributed by atoms with Crippen molar-refractivity contribution in [1.29, 1.82) is 0 Å². The summed E-state index contributed by atoms with van der Waals surface area (Å²) in [7, 11) is 1.71. The Labute approximate surface area is 103 Å². The Hall–Kier alpha value is -0.930. The summed E-state index contributed by atoms with van der Waals surface area (Å²) >= 11 is 0. The largest absolute Gasteiger partial charge is 0.383 e. The Balaban J connectivity index is 2.68. The van der Waals surface area contributed by atoms with E-state index in [0.29, 0.717) is 6.61 Å². The van der Waals surface area contributed by atoms with Crippen molar-refractivity contribution in [3.8, 4) is 0 Å². The molecule has 0 radical (unpaired) electrons. The molecule has 0 atom stereocenters. The number of hydrogen-bond donors (Lipinski definition) is 0. The van der Waals surface area contributed by atoms with Crippen molar-refractivity contribution in [2.45, 2.75) is 32.9 Å². The number of benzene rings is 1. The van der Waals surface area contributed by atoms with Gasteiger partial charge < -0.3 is 4.74 Å². The third kappa shape index (κ3) is 4.84. The van der Waals surface area contributed by atoms with Gasteiger partial charge in [-0.15, -0.1) is 0 Å².